The summed E-state index contributed by atoms with van der Waals surface area (Å²) >= 11 is 0. The first kappa shape index (κ1) is 17.6. The Balaban J connectivity index is 1.74. The average molecular weight is 382 g/mol. The molecule has 0 fully saturated rings. The maximum Gasteiger partial charge on any atom is 0.242 e. The summed E-state index contributed by atoms with van der Waals surface area (Å²) in [7, 11) is 0. The maximum atomic E-state index is 14.8. The minimum atomic E-state index is -0.873. The Labute approximate surface area is 168 Å². The smallest absolute Gasteiger partial charge is 0.242 e. The largest absolute Gasteiger partial charge is 0.278 e. The van der Waals surface area contributed by atoms with Gasteiger partial charge in [0.1, 0.15) is 5.82 Å². The molecule has 29 heavy (non-hydrogen) atoms. The summed E-state index contributed by atoms with van der Waals surface area (Å²) in [6.07, 6.45) is 2.00. The van der Waals surface area contributed by atoms with Crippen LogP contribution in [-0.4, -0.2) is 10.9 Å². The third kappa shape index (κ3) is 2.71. The van der Waals surface area contributed by atoms with Gasteiger partial charge in [0.05, 0.1) is 28.5 Å². The number of carbonyl (C=O) groups is 1. The molecule has 1 unspecified atom stereocenters. The molecular weight excluding hydrogens is 363 g/mol. The second-order valence-electron chi connectivity index (χ2n) is 7.64. The normalized spacial score (nSPS) is 18.7. The first-order valence-electron chi connectivity index (χ1n) is 9.60. The molecule has 142 valence electrons. The first-order valence-corrected chi connectivity index (χ1v) is 9.60. The minimum absolute atomic E-state index is 0.0844. The summed E-state index contributed by atoms with van der Waals surface area (Å²) < 4.78 is 14.8. The molecule has 0 spiro atoms. The Kier molecular flexibility index (Phi) is 3.95. The predicted molar refractivity (Wildman–Crippen MR) is 113 cm³/mol. The number of hydrogen-bond acceptors (Lipinski definition) is 2. The number of amides is 1. The highest BCUT2D eigenvalue weighted by atomic mass is 19.1. The van der Waals surface area contributed by atoms with Gasteiger partial charge in [-0.3, -0.25) is 14.7 Å². The molecule has 0 N–H and O–H groups in total. The van der Waals surface area contributed by atoms with Crippen LogP contribution in [-0.2, 0) is 16.6 Å². The quantitative estimate of drug-likeness (QED) is 0.455. The zero-order chi connectivity index (χ0) is 20.0. The van der Waals surface area contributed by atoms with Gasteiger partial charge in [-0.15, -0.1) is 0 Å². The van der Waals surface area contributed by atoms with Crippen molar-refractivity contribution in [3.8, 4) is 0 Å². The highest BCUT2D eigenvalue weighted by Crippen LogP contribution is 2.44. The van der Waals surface area contributed by atoms with Gasteiger partial charge in [-0.1, -0.05) is 54.6 Å². The fourth-order valence-electron chi connectivity index (χ4n) is 4.19. The van der Waals surface area contributed by atoms with E-state index in [4.69, 9.17) is 0 Å². The van der Waals surface area contributed by atoms with Crippen molar-refractivity contribution in [3.63, 3.8) is 0 Å². The van der Waals surface area contributed by atoms with Crippen LogP contribution in [0.15, 0.2) is 85.1 Å². The van der Waals surface area contributed by atoms with E-state index in [-0.39, 0.29) is 11.7 Å². The monoisotopic (exact) mass is 382 g/mol. The van der Waals surface area contributed by atoms with Crippen LogP contribution in [0.3, 0.4) is 0 Å². The molecule has 5 rings (SSSR count). The lowest BCUT2D eigenvalue weighted by Gasteiger charge is -2.41. The summed E-state index contributed by atoms with van der Waals surface area (Å²) in [5.41, 5.74) is 2.63. The third-order valence-corrected chi connectivity index (χ3v) is 5.79. The molecule has 4 aromatic rings. The van der Waals surface area contributed by atoms with E-state index in [9.17, 15) is 9.18 Å². The van der Waals surface area contributed by atoms with Crippen LogP contribution in [0.2, 0.25) is 0 Å². The van der Waals surface area contributed by atoms with E-state index in [1.807, 2.05) is 67.6 Å². The first-order chi connectivity index (χ1) is 14.1. The standard InChI is InChI=1S/C25H19FN2O/c1-25(18-9-3-2-4-10-18)15-20-21(26)11-7-13-23(20)28(24(25)29)19-14-17-8-5-6-12-22(17)27-16-19/h2-14,16H,15H2,1H3. The van der Waals surface area contributed by atoms with Gasteiger partial charge in [0.25, 0.3) is 0 Å². The number of rotatable bonds is 2. The van der Waals surface area contributed by atoms with Crippen LogP contribution in [0, 0.1) is 5.82 Å². The van der Waals surface area contributed by atoms with Crippen LogP contribution >= 0.6 is 0 Å². The molecule has 3 nitrogen and oxygen atoms in total. The van der Waals surface area contributed by atoms with Gasteiger partial charge in [-0.25, -0.2) is 4.39 Å². The lowest BCUT2D eigenvalue weighted by molar-refractivity contribution is -0.123. The summed E-state index contributed by atoms with van der Waals surface area (Å²) in [5.74, 6) is -0.380. The number of halogens is 1. The Morgan fingerprint density at radius 1 is 0.966 bits per heavy atom. The minimum Gasteiger partial charge on any atom is -0.278 e. The van der Waals surface area contributed by atoms with Crippen molar-refractivity contribution in [2.75, 3.05) is 4.90 Å². The number of benzene rings is 3. The topological polar surface area (TPSA) is 33.2 Å². The van der Waals surface area contributed by atoms with Crippen LogP contribution < -0.4 is 4.90 Å². The van der Waals surface area contributed by atoms with Crippen molar-refractivity contribution in [1.82, 2.24) is 4.98 Å². The molecule has 0 saturated heterocycles. The van der Waals surface area contributed by atoms with E-state index in [0.29, 0.717) is 23.4 Å². The van der Waals surface area contributed by atoms with Crippen LogP contribution in [0.25, 0.3) is 10.9 Å². The molecule has 2 heterocycles. The molecule has 0 saturated carbocycles. The highest BCUT2D eigenvalue weighted by molar-refractivity contribution is 6.09. The number of fused-ring (bicyclic) bond motifs is 2. The van der Waals surface area contributed by atoms with Crippen molar-refractivity contribution in [1.29, 1.82) is 0 Å². The number of para-hydroxylation sites is 1. The van der Waals surface area contributed by atoms with Crippen molar-refractivity contribution in [2.45, 2.75) is 18.8 Å². The summed E-state index contributed by atoms with van der Waals surface area (Å²) in [6.45, 7) is 1.89. The molecule has 1 aromatic heterocycles. The number of hydrogen-bond donors (Lipinski definition) is 0. The van der Waals surface area contributed by atoms with Crippen molar-refractivity contribution < 1.29 is 9.18 Å². The number of anilines is 2. The maximum absolute atomic E-state index is 14.8. The third-order valence-electron chi connectivity index (χ3n) is 5.79. The van der Waals surface area contributed by atoms with Gasteiger partial charge in [-0.2, -0.15) is 0 Å². The highest BCUT2D eigenvalue weighted by Gasteiger charge is 2.45. The molecule has 4 heteroatoms. The fraction of sp³-hybridized carbons (Fsp3) is 0.120. The number of aromatic nitrogens is 1. The number of nitrogens with zero attached hydrogens (tertiary/aromatic N) is 2. The fourth-order valence-corrected chi connectivity index (χ4v) is 4.19. The van der Waals surface area contributed by atoms with E-state index in [1.165, 1.54) is 6.07 Å². The second-order valence-corrected chi connectivity index (χ2v) is 7.64. The summed E-state index contributed by atoms with van der Waals surface area (Å²) in [5, 5.41) is 0.933. The molecule has 1 amide bonds. The van der Waals surface area contributed by atoms with Crippen molar-refractivity contribution >= 4 is 28.2 Å². The van der Waals surface area contributed by atoms with E-state index in [2.05, 4.69) is 4.98 Å². The van der Waals surface area contributed by atoms with E-state index < -0.39 is 5.41 Å². The molecule has 0 radical (unpaired) electrons. The number of carbonyl (C=O) groups excluding carboxylic acids is 1. The van der Waals surface area contributed by atoms with Gasteiger partial charge in [-0.05, 0) is 43.2 Å². The van der Waals surface area contributed by atoms with Crippen molar-refractivity contribution in [3.05, 3.63) is 102 Å². The Bertz CT molecular complexity index is 1240. The lowest BCUT2D eigenvalue weighted by Crippen LogP contribution is -2.48. The predicted octanol–water partition coefficient (Wildman–Crippen LogP) is 5.55. The summed E-state index contributed by atoms with van der Waals surface area (Å²) in [4.78, 5) is 20.0. The van der Waals surface area contributed by atoms with Gasteiger partial charge in [0.15, 0.2) is 0 Å². The number of pyridine rings is 1. The zero-order valence-corrected chi connectivity index (χ0v) is 16.0. The van der Waals surface area contributed by atoms with Gasteiger partial charge in [0.2, 0.25) is 5.91 Å². The summed E-state index contributed by atoms with van der Waals surface area (Å²) in [6, 6.07) is 24.2. The van der Waals surface area contributed by atoms with E-state index >= 15 is 0 Å². The SMILES string of the molecule is CC1(c2ccccc2)Cc2c(F)cccc2N(c2cnc3ccccc3c2)C1=O. The molecular formula is C25H19FN2O. The lowest BCUT2D eigenvalue weighted by atomic mass is 9.73. The van der Waals surface area contributed by atoms with Gasteiger partial charge >= 0.3 is 0 Å². The molecule has 0 aliphatic carbocycles. The zero-order valence-electron chi connectivity index (χ0n) is 16.0. The Hall–Kier alpha value is -3.53. The Morgan fingerprint density at radius 3 is 2.55 bits per heavy atom. The molecule has 3 aromatic carbocycles. The molecule has 1 aliphatic rings. The van der Waals surface area contributed by atoms with Crippen LogP contribution in [0.4, 0.5) is 15.8 Å². The second kappa shape index (κ2) is 6.52. The molecule has 1 atom stereocenters. The molecule has 0 bridgehead atoms. The van der Waals surface area contributed by atoms with Crippen molar-refractivity contribution in [2.24, 2.45) is 0 Å². The Morgan fingerprint density at radius 2 is 1.72 bits per heavy atom. The van der Waals surface area contributed by atoms with E-state index in [0.717, 1.165) is 16.5 Å². The van der Waals surface area contributed by atoms with Gasteiger partial charge in [0, 0.05) is 10.9 Å². The molecule has 1 aliphatic heterocycles. The average Bonchev–Trinajstić information content (AvgIpc) is 2.76. The van der Waals surface area contributed by atoms with E-state index in [1.54, 1.807) is 23.2 Å². The van der Waals surface area contributed by atoms with Gasteiger partial charge < -0.3 is 0 Å². The van der Waals surface area contributed by atoms with Crippen LogP contribution in [0.1, 0.15) is 18.1 Å². The van der Waals surface area contributed by atoms with Crippen LogP contribution in [0.5, 0.6) is 0 Å².